The number of rotatable bonds is 9. The lowest BCUT2D eigenvalue weighted by molar-refractivity contribution is -0.130. The number of amides is 1. The van der Waals surface area contributed by atoms with E-state index in [1.54, 1.807) is 0 Å². The van der Waals surface area contributed by atoms with Gasteiger partial charge in [-0.2, -0.15) is 8.42 Å². The van der Waals surface area contributed by atoms with Crippen molar-refractivity contribution in [2.75, 3.05) is 31.9 Å². The highest BCUT2D eigenvalue weighted by atomic mass is 33.1. The maximum atomic E-state index is 11.7. The molecule has 0 unspecified atom stereocenters. The predicted molar refractivity (Wildman–Crippen MR) is 76.5 cm³/mol. The van der Waals surface area contributed by atoms with Crippen molar-refractivity contribution in [3.63, 3.8) is 0 Å². The van der Waals surface area contributed by atoms with Crippen LogP contribution in [-0.4, -0.2) is 55.7 Å². The number of carbonyl (C=O) groups is 1. The molecule has 0 aliphatic carbocycles. The first-order valence-corrected chi connectivity index (χ1v) is 9.53. The smallest absolute Gasteiger partial charge is 0.319 e. The van der Waals surface area contributed by atoms with E-state index in [9.17, 15) is 13.2 Å². The van der Waals surface area contributed by atoms with Crippen LogP contribution in [0.3, 0.4) is 0 Å². The van der Waals surface area contributed by atoms with Crippen LogP contribution in [0.5, 0.6) is 0 Å². The van der Waals surface area contributed by atoms with Crippen LogP contribution in [0.25, 0.3) is 0 Å². The van der Waals surface area contributed by atoms with E-state index < -0.39 is 9.15 Å². The zero-order valence-electron chi connectivity index (χ0n) is 11.0. The van der Waals surface area contributed by atoms with Crippen LogP contribution in [-0.2, 0) is 13.9 Å². The van der Waals surface area contributed by atoms with E-state index in [0.29, 0.717) is 29.5 Å². The Hall–Kier alpha value is -0.310. The largest absolute Gasteiger partial charge is 0.343 e. The second-order valence-electron chi connectivity index (χ2n) is 4.54. The quantitative estimate of drug-likeness (QED) is 0.374. The minimum Gasteiger partial charge on any atom is -0.343 e. The van der Waals surface area contributed by atoms with Crippen LogP contribution >= 0.6 is 10.8 Å². The van der Waals surface area contributed by atoms with Crippen LogP contribution in [0.2, 0.25) is 0 Å². The van der Waals surface area contributed by atoms with Gasteiger partial charge in [-0.05, 0) is 43.0 Å². The molecule has 0 radical (unpaired) electrons. The average Bonchev–Trinajstić information content (AvgIpc) is 2.84. The summed E-state index contributed by atoms with van der Waals surface area (Å²) in [6.07, 6.45) is 4.60. The standard InChI is InChI=1S/C11H22N2O4S2/c14-11(13-8-3-4-9-13)5-1-2-6-12-7-10-18-19(15,16)17/h12H,1-10H2,(H,15,16,17). The second-order valence-corrected chi connectivity index (χ2v) is 8.01. The molecule has 2 N–H and O–H groups in total. The number of hydrogen-bond donors (Lipinski definition) is 2. The summed E-state index contributed by atoms with van der Waals surface area (Å²) in [5.74, 6) is 0.574. The molecular formula is C11H22N2O4S2. The Morgan fingerprint density at radius 2 is 1.89 bits per heavy atom. The fourth-order valence-corrected chi connectivity index (χ4v) is 3.32. The van der Waals surface area contributed by atoms with Gasteiger partial charge in [0.25, 0.3) is 0 Å². The van der Waals surface area contributed by atoms with Crippen molar-refractivity contribution in [1.29, 1.82) is 0 Å². The van der Waals surface area contributed by atoms with Gasteiger partial charge in [0.1, 0.15) is 0 Å². The lowest BCUT2D eigenvalue weighted by atomic mass is 10.2. The van der Waals surface area contributed by atoms with Gasteiger partial charge >= 0.3 is 9.15 Å². The first-order chi connectivity index (χ1) is 8.99. The Labute approximate surface area is 118 Å². The maximum Gasteiger partial charge on any atom is 0.319 e. The minimum atomic E-state index is -3.92. The van der Waals surface area contributed by atoms with Crippen molar-refractivity contribution in [2.45, 2.75) is 32.1 Å². The molecule has 0 aromatic heterocycles. The van der Waals surface area contributed by atoms with Gasteiger partial charge in [-0.15, -0.1) is 0 Å². The van der Waals surface area contributed by atoms with E-state index >= 15 is 0 Å². The summed E-state index contributed by atoms with van der Waals surface area (Å²) in [7, 11) is -3.39. The van der Waals surface area contributed by atoms with Crippen LogP contribution in [0, 0.1) is 0 Å². The summed E-state index contributed by atoms with van der Waals surface area (Å²) in [6.45, 7) is 3.11. The zero-order chi connectivity index (χ0) is 14.1. The zero-order valence-corrected chi connectivity index (χ0v) is 12.6. The Balaban J connectivity index is 1.89. The van der Waals surface area contributed by atoms with Crippen LogP contribution < -0.4 is 5.32 Å². The molecule has 0 aromatic carbocycles. The lowest BCUT2D eigenvalue weighted by Crippen LogP contribution is -2.27. The minimum absolute atomic E-state index is 0.249. The fourth-order valence-electron chi connectivity index (χ4n) is 2.00. The maximum absolute atomic E-state index is 11.7. The van der Waals surface area contributed by atoms with Gasteiger partial charge in [-0.3, -0.25) is 9.35 Å². The Morgan fingerprint density at radius 1 is 1.21 bits per heavy atom. The molecule has 1 aliphatic rings. The van der Waals surface area contributed by atoms with E-state index in [1.807, 2.05) is 4.90 Å². The average molecular weight is 310 g/mol. The molecule has 0 bridgehead atoms. The van der Waals surface area contributed by atoms with Crippen LogP contribution in [0.1, 0.15) is 32.1 Å². The van der Waals surface area contributed by atoms with E-state index in [1.165, 1.54) is 0 Å². The topological polar surface area (TPSA) is 86.7 Å². The second kappa shape index (κ2) is 8.78. The summed E-state index contributed by atoms with van der Waals surface area (Å²) in [6, 6.07) is 0. The molecule has 1 saturated heterocycles. The summed E-state index contributed by atoms with van der Waals surface area (Å²) in [4.78, 5) is 13.6. The fraction of sp³-hybridized carbons (Fsp3) is 0.909. The lowest BCUT2D eigenvalue weighted by Gasteiger charge is -2.14. The molecule has 8 heteroatoms. The van der Waals surface area contributed by atoms with Crippen molar-refractivity contribution in [3.05, 3.63) is 0 Å². The summed E-state index contributed by atoms with van der Waals surface area (Å²) in [5, 5.41) is 3.08. The molecule has 1 fully saturated rings. The van der Waals surface area contributed by atoms with Gasteiger partial charge in [0.05, 0.1) is 0 Å². The highest BCUT2D eigenvalue weighted by molar-refractivity contribution is 8.69. The number of unbranched alkanes of at least 4 members (excludes halogenated alkanes) is 1. The molecule has 1 heterocycles. The van der Waals surface area contributed by atoms with Crippen molar-refractivity contribution < 1.29 is 17.8 Å². The van der Waals surface area contributed by atoms with Crippen molar-refractivity contribution in [2.24, 2.45) is 0 Å². The number of likely N-dealkylation sites (tertiary alicyclic amines) is 1. The van der Waals surface area contributed by atoms with Crippen molar-refractivity contribution in [1.82, 2.24) is 10.2 Å². The van der Waals surface area contributed by atoms with Crippen LogP contribution in [0.4, 0.5) is 0 Å². The van der Waals surface area contributed by atoms with Crippen molar-refractivity contribution in [3.8, 4) is 0 Å². The SMILES string of the molecule is O=C(CCCCNCCSS(=O)(=O)O)N1CCCC1. The molecule has 0 aromatic rings. The number of carbonyl (C=O) groups excluding carboxylic acids is 1. The molecule has 19 heavy (non-hydrogen) atoms. The molecule has 1 rings (SSSR count). The highest BCUT2D eigenvalue weighted by Gasteiger charge is 2.16. The first-order valence-electron chi connectivity index (χ1n) is 6.59. The third-order valence-corrected chi connectivity index (χ3v) is 5.03. The van der Waals surface area contributed by atoms with Gasteiger partial charge in [0, 0.05) is 31.8 Å². The van der Waals surface area contributed by atoms with E-state index in [0.717, 1.165) is 45.3 Å². The molecule has 1 aliphatic heterocycles. The Bertz CT molecular complexity index is 367. The molecule has 0 spiro atoms. The summed E-state index contributed by atoms with van der Waals surface area (Å²) < 4.78 is 29.3. The van der Waals surface area contributed by atoms with Gasteiger partial charge in [-0.25, -0.2) is 0 Å². The molecule has 6 nitrogen and oxygen atoms in total. The van der Waals surface area contributed by atoms with E-state index in [-0.39, 0.29) is 5.91 Å². The molecule has 1 amide bonds. The van der Waals surface area contributed by atoms with E-state index in [4.69, 9.17) is 4.55 Å². The van der Waals surface area contributed by atoms with Gasteiger partial charge in [0.15, 0.2) is 0 Å². The van der Waals surface area contributed by atoms with Crippen LogP contribution in [0.15, 0.2) is 0 Å². The van der Waals surface area contributed by atoms with Crippen molar-refractivity contribution >= 4 is 25.9 Å². The molecule has 0 atom stereocenters. The monoisotopic (exact) mass is 310 g/mol. The summed E-state index contributed by atoms with van der Waals surface area (Å²) >= 11 is 0. The molecular weight excluding hydrogens is 288 g/mol. The first kappa shape index (κ1) is 16.7. The van der Waals surface area contributed by atoms with Gasteiger partial charge in [-0.1, -0.05) is 0 Å². The van der Waals surface area contributed by atoms with E-state index in [2.05, 4.69) is 5.32 Å². The normalized spacial score (nSPS) is 15.9. The number of hydrogen-bond acceptors (Lipinski definition) is 5. The van der Waals surface area contributed by atoms with Gasteiger partial charge < -0.3 is 10.2 Å². The molecule has 0 saturated carbocycles. The number of nitrogens with zero attached hydrogens (tertiary/aromatic N) is 1. The predicted octanol–water partition coefficient (Wildman–Crippen LogP) is 0.905. The third-order valence-electron chi connectivity index (χ3n) is 2.96. The Kier molecular flexibility index (Phi) is 7.74. The summed E-state index contributed by atoms with van der Waals surface area (Å²) in [5.41, 5.74) is 0. The third kappa shape index (κ3) is 8.46. The molecule has 112 valence electrons. The number of nitrogens with one attached hydrogen (secondary N) is 1. The van der Waals surface area contributed by atoms with Gasteiger partial charge in [0.2, 0.25) is 5.91 Å². The Morgan fingerprint density at radius 3 is 2.53 bits per heavy atom. The highest BCUT2D eigenvalue weighted by Crippen LogP contribution is 2.10.